The van der Waals surface area contributed by atoms with Crippen LogP contribution in [0.2, 0.25) is 0 Å². The van der Waals surface area contributed by atoms with Crippen molar-refractivity contribution < 1.29 is 8.42 Å². The van der Waals surface area contributed by atoms with Crippen LogP contribution < -0.4 is 11.1 Å². The van der Waals surface area contributed by atoms with Gasteiger partial charge in [-0.1, -0.05) is 32.8 Å². The van der Waals surface area contributed by atoms with E-state index < -0.39 is 10.0 Å². The smallest absolute Gasteiger partial charge is 0.244 e. The largest absolute Gasteiger partial charge is 0.396 e. The van der Waals surface area contributed by atoms with E-state index in [1.54, 1.807) is 6.07 Å². The molecule has 3 N–H and O–H groups in total. The average molecular weight is 313 g/mol. The van der Waals surface area contributed by atoms with Crippen molar-refractivity contribution in [1.82, 2.24) is 4.31 Å². The van der Waals surface area contributed by atoms with Gasteiger partial charge in [0.15, 0.2) is 0 Å². The molecule has 0 bridgehead atoms. The maximum absolute atomic E-state index is 12.2. The van der Waals surface area contributed by atoms with E-state index in [2.05, 4.69) is 19.2 Å². The highest BCUT2D eigenvalue weighted by molar-refractivity contribution is 7.89. The summed E-state index contributed by atoms with van der Waals surface area (Å²) in [4.78, 5) is 0.152. The molecular weight excluding hydrogens is 286 g/mol. The molecule has 0 heterocycles. The van der Waals surface area contributed by atoms with Crippen molar-refractivity contribution in [2.24, 2.45) is 5.92 Å². The molecule has 1 rings (SSSR count). The van der Waals surface area contributed by atoms with Gasteiger partial charge in [0.1, 0.15) is 4.90 Å². The van der Waals surface area contributed by atoms with Gasteiger partial charge in [-0.15, -0.1) is 0 Å². The Kier molecular flexibility index (Phi) is 6.48. The maximum Gasteiger partial charge on any atom is 0.244 e. The number of unbranched alkanes of at least 4 members (excludes halogenated alkanes) is 1. The standard InChI is InChI=1S/C15H27N3O2S/c1-12(2)8-5-6-11-17-13-9-7-10-14(15(13)16)21(19,20)18(3)4/h7,9-10,12,17H,5-6,8,11,16H2,1-4H3. The molecular formula is C15H27N3O2S. The highest BCUT2D eigenvalue weighted by atomic mass is 32.2. The summed E-state index contributed by atoms with van der Waals surface area (Å²) < 4.78 is 25.5. The molecule has 5 nitrogen and oxygen atoms in total. The molecule has 21 heavy (non-hydrogen) atoms. The van der Waals surface area contributed by atoms with Gasteiger partial charge in [0.25, 0.3) is 0 Å². The second-order valence-electron chi connectivity index (χ2n) is 5.82. The molecule has 0 radical (unpaired) electrons. The Morgan fingerprint density at radius 2 is 1.90 bits per heavy atom. The molecule has 0 unspecified atom stereocenters. The van der Waals surface area contributed by atoms with Crippen molar-refractivity contribution >= 4 is 21.4 Å². The lowest BCUT2D eigenvalue weighted by Gasteiger charge is -2.16. The molecule has 0 spiro atoms. The van der Waals surface area contributed by atoms with E-state index in [9.17, 15) is 8.42 Å². The number of benzene rings is 1. The lowest BCUT2D eigenvalue weighted by Crippen LogP contribution is -2.23. The van der Waals surface area contributed by atoms with E-state index in [1.807, 2.05) is 6.07 Å². The number of nitrogens with zero attached hydrogens (tertiary/aromatic N) is 1. The molecule has 6 heteroatoms. The maximum atomic E-state index is 12.2. The fourth-order valence-electron chi connectivity index (χ4n) is 2.02. The van der Waals surface area contributed by atoms with Crippen LogP contribution in [0.3, 0.4) is 0 Å². The van der Waals surface area contributed by atoms with Crippen LogP contribution in [0.1, 0.15) is 33.1 Å². The van der Waals surface area contributed by atoms with Crippen LogP contribution in [0.4, 0.5) is 11.4 Å². The monoisotopic (exact) mass is 313 g/mol. The minimum atomic E-state index is -3.51. The summed E-state index contributed by atoms with van der Waals surface area (Å²) in [7, 11) is -0.507. The highest BCUT2D eigenvalue weighted by Crippen LogP contribution is 2.28. The Morgan fingerprint density at radius 3 is 2.48 bits per heavy atom. The Hall–Kier alpha value is -1.27. The number of nitrogens with one attached hydrogen (secondary N) is 1. The average Bonchev–Trinajstić information content (AvgIpc) is 2.39. The van der Waals surface area contributed by atoms with Gasteiger partial charge >= 0.3 is 0 Å². The molecule has 0 saturated carbocycles. The van der Waals surface area contributed by atoms with E-state index in [1.165, 1.54) is 30.9 Å². The zero-order valence-corrected chi connectivity index (χ0v) is 14.2. The van der Waals surface area contributed by atoms with Crippen molar-refractivity contribution in [2.75, 3.05) is 31.7 Å². The minimum Gasteiger partial charge on any atom is -0.396 e. The van der Waals surface area contributed by atoms with Crippen LogP contribution in [0.5, 0.6) is 0 Å². The number of nitrogens with two attached hydrogens (primary N) is 1. The molecule has 1 aromatic carbocycles. The van der Waals surface area contributed by atoms with Gasteiger partial charge in [-0.05, 0) is 24.5 Å². The molecule has 0 amide bonds. The van der Waals surface area contributed by atoms with E-state index in [0.717, 1.165) is 19.4 Å². The summed E-state index contributed by atoms with van der Waals surface area (Å²) in [6.07, 6.45) is 3.40. The van der Waals surface area contributed by atoms with Crippen LogP contribution >= 0.6 is 0 Å². The predicted molar refractivity (Wildman–Crippen MR) is 88.9 cm³/mol. The number of sulfonamides is 1. The number of para-hydroxylation sites is 1. The van der Waals surface area contributed by atoms with Gasteiger partial charge in [0.05, 0.1) is 11.4 Å². The van der Waals surface area contributed by atoms with E-state index in [-0.39, 0.29) is 10.6 Å². The third-order valence-corrected chi connectivity index (χ3v) is 5.22. The number of hydrogen-bond acceptors (Lipinski definition) is 4. The van der Waals surface area contributed by atoms with E-state index >= 15 is 0 Å². The summed E-state index contributed by atoms with van der Waals surface area (Å²) in [6, 6.07) is 5.06. The normalized spacial score (nSPS) is 12.1. The highest BCUT2D eigenvalue weighted by Gasteiger charge is 2.21. The summed E-state index contributed by atoms with van der Waals surface area (Å²) in [5.41, 5.74) is 6.97. The first-order chi connectivity index (χ1) is 9.76. The van der Waals surface area contributed by atoms with Crippen molar-refractivity contribution in [3.63, 3.8) is 0 Å². The number of rotatable bonds is 8. The molecule has 0 saturated heterocycles. The zero-order valence-electron chi connectivity index (χ0n) is 13.4. The van der Waals surface area contributed by atoms with E-state index in [0.29, 0.717) is 11.6 Å². The lowest BCUT2D eigenvalue weighted by molar-refractivity contribution is 0.521. The number of nitrogen functional groups attached to an aromatic ring is 1. The van der Waals surface area contributed by atoms with Crippen LogP contribution in [0.15, 0.2) is 23.1 Å². The van der Waals surface area contributed by atoms with Crippen molar-refractivity contribution in [1.29, 1.82) is 0 Å². The van der Waals surface area contributed by atoms with E-state index in [4.69, 9.17) is 5.73 Å². The molecule has 0 aliphatic heterocycles. The Balaban J connectivity index is 2.74. The predicted octanol–water partition coefficient (Wildman–Crippen LogP) is 2.76. The lowest BCUT2D eigenvalue weighted by atomic mass is 10.1. The second kappa shape index (κ2) is 7.66. The van der Waals surface area contributed by atoms with Crippen molar-refractivity contribution in [2.45, 2.75) is 38.0 Å². The number of anilines is 2. The molecule has 0 aliphatic carbocycles. The molecule has 120 valence electrons. The topological polar surface area (TPSA) is 75.4 Å². The van der Waals surface area contributed by atoms with Gasteiger partial charge in [-0.2, -0.15) is 0 Å². The molecule has 0 aromatic heterocycles. The summed E-state index contributed by atoms with van der Waals surface area (Å²) >= 11 is 0. The Bertz CT molecular complexity index is 554. The fourth-order valence-corrected chi connectivity index (χ4v) is 3.05. The third-order valence-electron chi connectivity index (χ3n) is 3.35. The molecule has 1 aromatic rings. The molecule has 0 atom stereocenters. The van der Waals surface area contributed by atoms with Gasteiger partial charge in [0, 0.05) is 20.6 Å². The quantitative estimate of drug-likeness (QED) is 0.571. The third kappa shape index (κ3) is 4.89. The molecule has 0 fully saturated rings. The van der Waals surface area contributed by atoms with Gasteiger partial charge in [-0.3, -0.25) is 0 Å². The second-order valence-corrected chi connectivity index (χ2v) is 7.94. The summed E-state index contributed by atoms with van der Waals surface area (Å²) in [5.74, 6) is 0.712. The van der Waals surface area contributed by atoms with Crippen LogP contribution in [-0.2, 0) is 10.0 Å². The van der Waals surface area contributed by atoms with Crippen molar-refractivity contribution in [3.05, 3.63) is 18.2 Å². The number of hydrogen-bond donors (Lipinski definition) is 2. The first-order valence-corrected chi connectivity index (χ1v) is 8.75. The Morgan fingerprint density at radius 1 is 1.24 bits per heavy atom. The summed E-state index contributed by atoms with van der Waals surface area (Å²) in [6.45, 7) is 5.21. The summed E-state index contributed by atoms with van der Waals surface area (Å²) in [5, 5.41) is 3.23. The minimum absolute atomic E-state index is 0.152. The van der Waals surface area contributed by atoms with Crippen LogP contribution in [-0.4, -0.2) is 33.4 Å². The van der Waals surface area contributed by atoms with Crippen LogP contribution in [0.25, 0.3) is 0 Å². The van der Waals surface area contributed by atoms with Crippen molar-refractivity contribution in [3.8, 4) is 0 Å². The van der Waals surface area contributed by atoms with Crippen LogP contribution in [0, 0.1) is 5.92 Å². The van der Waals surface area contributed by atoms with Gasteiger partial charge in [-0.25, -0.2) is 12.7 Å². The fraction of sp³-hybridized carbons (Fsp3) is 0.600. The van der Waals surface area contributed by atoms with Gasteiger partial charge in [0.2, 0.25) is 10.0 Å². The Labute approximate surface area is 128 Å². The molecule has 0 aliphatic rings. The SMILES string of the molecule is CC(C)CCCCNc1cccc(S(=O)(=O)N(C)C)c1N. The zero-order chi connectivity index (χ0) is 16.0. The first kappa shape index (κ1) is 17.8. The first-order valence-electron chi connectivity index (χ1n) is 7.31. The van der Waals surface area contributed by atoms with Gasteiger partial charge < -0.3 is 11.1 Å².